The molecule has 0 N–H and O–H groups in total. The molecule has 0 nitrogen and oxygen atoms in total. The van der Waals surface area contributed by atoms with E-state index in [0.717, 1.165) is 21.6 Å². The molecule has 0 fully saturated rings. The molecular formula is C17H20S. The van der Waals surface area contributed by atoms with E-state index in [1.165, 1.54) is 5.56 Å². The summed E-state index contributed by atoms with van der Waals surface area (Å²) < 4.78 is 0. The average Bonchev–Trinajstić information content (AvgIpc) is 2.44. The van der Waals surface area contributed by atoms with Crippen LogP contribution in [0.5, 0.6) is 0 Å². The van der Waals surface area contributed by atoms with Crippen molar-refractivity contribution in [3.8, 4) is 0 Å². The monoisotopic (exact) mass is 256 g/mol. The van der Waals surface area contributed by atoms with Crippen LogP contribution < -0.4 is 0 Å². The SMILES string of the molecule is C=C(c1ccccc1)c1ccc(S)c(C)c1.CC. The molecule has 0 unspecified atom stereocenters. The molecule has 0 aliphatic carbocycles. The molecule has 2 aromatic rings. The standard InChI is InChI=1S/C15H14S.C2H6/c1-11-10-14(8-9-15(11)16)12(2)13-6-4-3-5-7-13;1-2/h3-10,16H,2H2,1H3;1-2H3. The molecule has 0 aromatic heterocycles. The summed E-state index contributed by atoms with van der Waals surface area (Å²) in [5.41, 5.74) is 4.55. The van der Waals surface area contributed by atoms with Gasteiger partial charge in [-0.15, -0.1) is 12.6 Å². The van der Waals surface area contributed by atoms with E-state index < -0.39 is 0 Å². The zero-order chi connectivity index (χ0) is 13.5. The van der Waals surface area contributed by atoms with E-state index in [1.807, 2.05) is 38.1 Å². The van der Waals surface area contributed by atoms with Gasteiger partial charge in [-0.25, -0.2) is 0 Å². The molecule has 0 spiro atoms. The van der Waals surface area contributed by atoms with Crippen molar-refractivity contribution in [3.05, 3.63) is 71.8 Å². The van der Waals surface area contributed by atoms with Gasteiger partial charge in [-0.05, 0) is 35.3 Å². The fourth-order valence-corrected chi connectivity index (χ4v) is 1.79. The Kier molecular flexibility index (Phi) is 5.73. The van der Waals surface area contributed by atoms with Crippen LogP contribution in [-0.4, -0.2) is 0 Å². The second-order valence-electron chi connectivity index (χ2n) is 3.85. The van der Waals surface area contributed by atoms with Gasteiger partial charge in [0.2, 0.25) is 0 Å². The molecule has 0 heterocycles. The molecule has 94 valence electrons. The number of rotatable bonds is 2. The summed E-state index contributed by atoms with van der Waals surface area (Å²) >= 11 is 4.37. The van der Waals surface area contributed by atoms with E-state index in [9.17, 15) is 0 Å². The van der Waals surface area contributed by atoms with Crippen LogP contribution in [-0.2, 0) is 0 Å². The van der Waals surface area contributed by atoms with Gasteiger partial charge in [0.25, 0.3) is 0 Å². The lowest BCUT2D eigenvalue weighted by Gasteiger charge is -2.08. The Morgan fingerprint density at radius 3 is 2.11 bits per heavy atom. The Labute approximate surface area is 116 Å². The maximum atomic E-state index is 4.37. The highest BCUT2D eigenvalue weighted by Crippen LogP contribution is 2.24. The van der Waals surface area contributed by atoms with Crippen molar-refractivity contribution in [2.24, 2.45) is 0 Å². The van der Waals surface area contributed by atoms with Crippen molar-refractivity contribution < 1.29 is 0 Å². The Bertz CT molecular complexity index is 512. The lowest BCUT2D eigenvalue weighted by molar-refractivity contribution is 1.30. The summed E-state index contributed by atoms with van der Waals surface area (Å²) in [6, 6.07) is 16.4. The molecule has 0 bridgehead atoms. The van der Waals surface area contributed by atoms with Gasteiger partial charge >= 0.3 is 0 Å². The van der Waals surface area contributed by atoms with E-state index in [1.54, 1.807) is 0 Å². The maximum absolute atomic E-state index is 4.37. The van der Waals surface area contributed by atoms with Crippen LogP contribution >= 0.6 is 12.6 Å². The lowest BCUT2D eigenvalue weighted by atomic mass is 9.98. The van der Waals surface area contributed by atoms with Crippen LogP contribution in [0.25, 0.3) is 5.57 Å². The second kappa shape index (κ2) is 7.07. The summed E-state index contributed by atoms with van der Waals surface area (Å²) in [6.07, 6.45) is 0. The predicted molar refractivity (Wildman–Crippen MR) is 84.4 cm³/mol. The lowest BCUT2D eigenvalue weighted by Crippen LogP contribution is -1.87. The first kappa shape index (κ1) is 14.6. The highest BCUT2D eigenvalue weighted by atomic mass is 32.1. The van der Waals surface area contributed by atoms with Gasteiger partial charge < -0.3 is 0 Å². The third-order valence-electron chi connectivity index (χ3n) is 2.67. The molecule has 2 rings (SSSR count). The van der Waals surface area contributed by atoms with Crippen LogP contribution in [0.2, 0.25) is 0 Å². The first-order valence-corrected chi connectivity index (χ1v) is 6.67. The molecule has 0 saturated carbocycles. The van der Waals surface area contributed by atoms with Crippen molar-refractivity contribution in [2.75, 3.05) is 0 Å². The molecule has 0 amide bonds. The minimum atomic E-state index is 1.02. The van der Waals surface area contributed by atoms with Gasteiger partial charge in [-0.2, -0.15) is 0 Å². The third kappa shape index (κ3) is 3.51. The number of aryl methyl sites for hydroxylation is 1. The molecule has 0 aliphatic rings. The topological polar surface area (TPSA) is 0 Å². The summed E-state index contributed by atoms with van der Waals surface area (Å²) in [5, 5.41) is 0. The first-order chi connectivity index (χ1) is 8.68. The van der Waals surface area contributed by atoms with Crippen molar-refractivity contribution in [2.45, 2.75) is 25.7 Å². The fraction of sp³-hybridized carbons (Fsp3) is 0.176. The normalized spacial score (nSPS) is 9.33. The molecule has 0 saturated heterocycles. The van der Waals surface area contributed by atoms with Crippen LogP contribution in [0.3, 0.4) is 0 Å². The summed E-state index contributed by atoms with van der Waals surface area (Å²) in [4.78, 5) is 1.02. The van der Waals surface area contributed by atoms with E-state index >= 15 is 0 Å². The molecule has 0 atom stereocenters. The van der Waals surface area contributed by atoms with E-state index in [-0.39, 0.29) is 0 Å². The fourth-order valence-electron chi connectivity index (χ4n) is 1.65. The van der Waals surface area contributed by atoms with Crippen LogP contribution in [0.1, 0.15) is 30.5 Å². The van der Waals surface area contributed by atoms with Gasteiger partial charge in [-0.3, -0.25) is 0 Å². The minimum Gasteiger partial charge on any atom is -0.143 e. The zero-order valence-electron chi connectivity index (χ0n) is 11.3. The number of hydrogen-bond acceptors (Lipinski definition) is 1. The third-order valence-corrected chi connectivity index (χ3v) is 3.17. The van der Waals surface area contributed by atoms with Gasteiger partial charge in [0.15, 0.2) is 0 Å². The van der Waals surface area contributed by atoms with Gasteiger partial charge in [0.05, 0.1) is 0 Å². The molecule has 18 heavy (non-hydrogen) atoms. The molecule has 0 radical (unpaired) electrons. The van der Waals surface area contributed by atoms with Crippen molar-refractivity contribution in [3.63, 3.8) is 0 Å². The largest absolute Gasteiger partial charge is 0.143 e. The zero-order valence-corrected chi connectivity index (χ0v) is 12.2. The average molecular weight is 256 g/mol. The summed E-state index contributed by atoms with van der Waals surface area (Å²) in [5.74, 6) is 0. The molecule has 0 aliphatic heterocycles. The van der Waals surface area contributed by atoms with Crippen molar-refractivity contribution in [1.29, 1.82) is 0 Å². The Morgan fingerprint density at radius 1 is 0.944 bits per heavy atom. The Hall–Kier alpha value is -1.47. The molecule has 2 aromatic carbocycles. The number of benzene rings is 2. The Morgan fingerprint density at radius 2 is 1.56 bits per heavy atom. The smallest absolute Gasteiger partial charge is 0.00696 e. The first-order valence-electron chi connectivity index (χ1n) is 6.23. The maximum Gasteiger partial charge on any atom is 0.00696 e. The van der Waals surface area contributed by atoms with Gasteiger partial charge in [-0.1, -0.05) is 62.9 Å². The van der Waals surface area contributed by atoms with Crippen LogP contribution in [0.15, 0.2) is 60.0 Å². The van der Waals surface area contributed by atoms with Crippen molar-refractivity contribution in [1.82, 2.24) is 0 Å². The van der Waals surface area contributed by atoms with Gasteiger partial charge in [0, 0.05) is 4.90 Å². The van der Waals surface area contributed by atoms with Crippen LogP contribution in [0.4, 0.5) is 0 Å². The summed E-state index contributed by atoms with van der Waals surface area (Å²) in [6.45, 7) is 10.2. The summed E-state index contributed by atoms with van der Waals surface area (Å²) in [7, 11) is 0. The Balaban J connectivity index is 0.000000771. The quantitative estimate of drug-likeness (QED) is 0.686. The predicted octanol–water partition coefficient (Wildman–Crippen LogP) is 5.37. The van der Waals surface area contributed by atoms with Crippen LogP contribution in [0, 0.1) is 6.92 Å². The molecular weight excluding hydrogens is 236 g/mol. The molecule has 1 heteroatoms. The van der Waals surface area contributed by atoms with Gasteiger partial charge in [0.1, 0.15) is 0 Å². The highest BCUT2D eigenvalue weighted by molar-refractivity contribution is 7.80. The number of hydrogen-bond donors (Lipinski definition) is 1. The van der Waals surface area contributed by atoms with E-state index in [0.29, 0.717) is 0 Å². The highest BCUT2D eigenvalue weighted by Gasteiger charge is 2.03. The van der Waals surface area contributed by atoms with E-state index in [2.05, 4.69) is 50.4 Å². The second-order valence-corrected chi connectivity index (χ2v) is 4.33. The van der Waals surface area contributed by atoms with Crippen molar-refractivity contribution >= 4 is 18.2 Å². The van der Waals surface area contributed by atoms with E-state index in [4.69, 9.17) is 0 Å². The number of thiol groups is 1. The minimum absolute atomic E-state index is 1.02.